The summed E-state index contributed by atoms with van der Waals surface area (Å²) in [6, 6.07) is 19.5. The Hall–Kier alpha value is 0.620. The molecule has 240 valence electrons. The van der Waals surface area contributed by atoms with Gasteiger partial charge in [-0.05, 0) is 24.0 Å². The quantitative estimate of drug-likeness (QED) is 0.193. The van der Waals surface area contributed by atoms with Crippen LogP contribution in [0.3, 0.4) is 0 Å². The van der Waals surface area contributed by atoms with Crippen LogP contribution in [-0.2, 0) is 144 Å². The topological polar surface area (TPSA) is 80.8 Å². The molecule has 0 aliphatic carbocycles. The van der Waals surface area contributed by atoms with E-state index in [2.05, 4.69) is 35.0 Å². The van der Waals surface area contributed by atoms with Crippen LogP contribution in [0.1, 0.15) is 45.2 Å². The number of nitrogens with zero attached hydrogens (tertiary/aromatic N) is 1. The van der Waals surface area contributed by atoms with E-state index in [9.17, 15) is 19.2 Å². The summed E-state index contributed by atoms with van der Waals surface area (Å²) in [5.74, 6) is -1.87. The summed E-state index contributed by atoms with van der Waals surface area (Å²) >= 11 is 13.1. The molecule has 0 saturated carbocycles. The molecule has 6 nitrogen and oxygen atoms in total. The van der Waals surface area contributed by atoms with Crippen molar-refractivity contribution in [2.45, 2.75) is 47.0 Å². The molecule has 0 spiro atoms. The molecule has 0 aromatic heterocycles. The van der Waals surface area contributed by atoms with Crippen LogP contribution in [0.5, 0.6) is 0 Å². The third kappa shape index (κ3) is 23.0. The smallest absolute Gasteiger partial charge is 0.813 e. The van der Waals surface area contributed by atoms with Gasteiger partial charge in [0.15, 0.2) is 5.12 Å². The Morgan fingerprint density at radius 1 is 0.773 bits per heavy atom. The summed E-state index contributed by atoms with van der Waals surface area (Å²) in [6.45, 7) is 3.60. The molecule has 19 heteroatoms. The molecule has 3 rings (SSSR count). The average molecular weight is 834 g/mol. The van der Waals surface area contributed by atoms with Gasteiger partial charge in [0.25, 0.3) is 11.8 Å². The van der Waals surface area contributed by atoms with Gasteiger partial charge in [-0.1, -0.05) is 81.9 Å². The van der Waals surface area contributed by atoms with Crippen LogP contribution in [0.2, 0.25) is 0 Å². The van der Waals surface area contributed by atoms with E-state index in [1.165, 1.54) is 23.3 Å². The fraction of sp³-hybridized carbons (Fsp3) is 0.360. The van der Waals surface area contributed by atoms with Crippen LogP contribution in [0.15, 0.2) is 60.7 Å². The van der Waals surface area contributed by atoms with Crippen molar-refractivity contribution in [3.05, 3.63) is 71.8 Å². The number of amides is 2. The maximum absolute atomic E-state index is 11.8. The second-order valence-corrected chi connectivity index (χ2v) is 22.6. The number of benzene rings is 2. The van der Waals surface area contributed by atoms with Gasteiger partial charge in [0.2, 0.25) is 0 Å². The Bertz CT molecular complexity index is 1480. The Labute approximate surface area is 327 Å². The predicted octanol–water partition coefficient (Wildman–Crippen LogP) is 1.14. The van der Waals surface area contributed by atoms with Crippen molar-refractivity contribution in [3.63, 3.8) is 0 Å². The molecule has 44 heavy (non-hydrogen) atoms. The Morgan fingerprint density at radius 2 is 1.14 bits per heavy atom. The first-order valence-corrected chi connectivity index (χ1v) is 24.1. The molecular weight excluding hydrogens is 802 g/mol. The number of hydrogen-bond acceptors (Lipinski definition) is 8. The zero-order valence-electron chi connectivity index (χ0n) is 23.2. The molecule has 0 unspecified atom stereocenters. The van der Waals surface area contributed by atoms with Gasteiger partial charge < -0.3 is 18.3 Å². The van der Waals surface area contributed by atoms with Crippen LogP contribution in [0.25, 0.3) is 0 Å². The first-order valence-electron chi connectivity index (χ1n) is 11.7. The summed E-state index contributed by atoms with van der Waals surface area (Å²) in [5, 5.41) is 0.544. The summed E-state index contributed by atoms with van der Waals surface area (Å²) < 4.78 is 0. The Balaban J connectivity index is -0.000000590. The van der Waals surface area contributed by atoms with Crippen LogP contribution in [0, 0.1) is 11.8 Å². The van der Waals surface area contributed by atoms with Gasteiger partial charge in [-0.3, -0.25) is 14.4 Å². The van der Waals surface area contributed by atoms with Gasteiger partial charge in [0.1, 0.15) is 0 Å². The summed E-state index contributed by atoms with van der Waals surface area (Å²) in [7, 11) is 12.7. The van der Waals surface area contributed by atoms with Crippen LogP contribution in [-0.4, -0.2) is 28.0 Å². The monoisotopic (exact) mass is 833 g/mol. The first kappa shape index (κ1) is 49.0. The molecule has 2 aromatic rings. The summed E-state index contributed by atoms with van der Waals surface area (Å²) in [6.07, 6.45) is 1.51. The molecule has 1 heterocycles. The molecule has 1 aliphatic rings. The van der Waals surface area contributed by atoms with E-state index in [0.29, 0.717) is 11.5 Å². The number of thiol groups is 2. The van der Waals surface area contributed by atoms with E-state index < -0.39 is 23.7 Å². The SMILES string of the molecule is C.C[C@@H](Cc1ccccc1)C(=O)ON1C(=O)CCC1=O.C[C@@H](Cc1ccccc1)C(=O)S.S=S=S=S=S=S=S=S=S=S.[Na+].[SH-]. The van der Waals surface area contributed by atoms with Crippen molar-refractivity contribution in [1.29, 1.82) is 0 Å². The minimum Gasteiger partial charge on any atom is -0.813 e. The van der Waals surface area contributed by atoms with Gasteiger partial charge in [-0.25, -0.2) is 4.79 Å². The van der Waals surface area contributed by atoms with Crippen molar-refractivity contribution < 1.29 is 53.6 Å². The van der Waals surface area contributed by atoms with Crippen LogP contribution in [0.4, 0.5) is 0 Å². The zero-order valence-corrected chi connectivity index (χ0v) is 35.2. The van der Waals surface area contributed by atoms with Gasteiger partial charge in [-0.15, -0.1) is 17.7 Å². The third-order valence-corrected chi connectivity index (χ3v) is 21.0. The summed E-state index contributed by atoms with van der Waals surface area (Å²) in [4.78, 5) is 50.2. The van der Waals surface area contributed by atoms with E-state index in [-0.39, 0.29) is 74.4 Å². The second-order valence-electron chi connectivity index (χ2n) is 8.06. The molecule has 0 radical (unpaired) electrons. The number of hydrogen-bond donors (Lipinski definition) is 1. The molecule has 1 saturated heterocycles. The summed E-state index contributed by atoms with van der Waals surface area (Å²) in [5.41, 5.74) is 2.19. The standard InChI is InChI=1S/C14H15NO4.C10H12OS.CH4.Na.S10.H2S/c1-10(9-11-5-3-2-4-6-11)14(18)19-15-12(16)7-8-13(15)17;1-8(10(11)12)7-9-5-3-2-4-6-9;;;1-3-5-7-9-10-8-6-4-2;/h2-6,10H,7-9H2,1H3;2-6,8H,7H2,1H3,(H,11,12);1H4;;;1H2/q;;;+1;;/p-1/t10-;8-;;;;/m00..../s1. The van der Waals surface area contributed by atoms with Crippen molar-refractivity contribution in [2.24, 2.45) is 11.8 Å². The third-order valence-electron chi connectivity index (χ3n) is 4.97. The van der Waals surface area contributed by atoms with Crippen molar-refractivity contribution >= 4 is 142 Å². The molecule has 2 atom stereocenters. The fourth-order valence-corrected chi connectivity index (χ4v) is 19.6. The molecule has 0 N–H and O–H groups in total. The van der Waals surface area contributed by atoms with E-state index >= 15 is 0 Å². The van der Waals surface area contributed by atoms with Crippen molar-refractivity contribution in [3.8, 4) is 0 Å². The average Bonchev–Trinajstić information content (AvgIpc) is 3.28. The first-order chi connectivity index (χ1) is 19.7. The molecule has 0 bridgehead atoms. The van der Waals surface area contributed by atoms with Crippen LogP contribution < -0.4 is 29.6 Å². The maximum Gasteiger partial charge on any atom is 1.00 e. The van der Waals surface area contributed by atoms with Gasteiger partial charge in [0, 0.05) is 112 Å². The van der Waals surface area contributed by atoms with E-state index in [1.807, 2.05) is 67.6 Å². The van der Waals surface area contributed by atoms with Gasteiger partial charge in [0.05, 0.1) is 5.92 Å². The van der Waals surface area contributed by atoms with Gasteiger partial charge in [-0.2, -0.15) is 0 Å². The van der Waals surface area contributed by atoms with Crippen LogP contribution >= 0.6 is 12.6 Å². The normalized spacial score (nSPS) is 12.1. The van der Waals surface area contributed by atoms with E-state index in [4.69, 9.17) is 4.84 Å². The largest absolute Gasteiger partial charge is 1.00 e. The molecule has 2 amide bonds. The van der Waals surface area contributed by atoms with Crippen molar-refractivity contribution in [1.82, 2.24) is 5.06 Å². The number of carbonyl (C=O) groups is 4. The second kappa shape index (κ2) is 30.9. The van der Waals surface area contributed by atoms with Gasteiger partial charge >= 0.3 is 35.5 Å². The molecule has 1 aliphatic heterocycles. The maximum atomic E-state index is 11.8. The number of hydroxylamine groups is 2. The predicted molar refractivity (Wildman–Crippen MR) is 209 cm³/mol. The Kier molecular flexibility index (Phi) is 34.4. The fourth-order valence-electron chi connectivity index (χ4n) is 3.01. The van der Waals surface area contributed by atoms with Crippen molar-refractivity contribution in [2.75, 3.05) is 0 Å². The molecule has 2 aromatic carbocycles. The van der Waals surface area contributed by atoms with E-state index in [1.54, 1.807) is 60.2 Å². The zero-order chi connectivity index (χ0) is 30.5. The number of carbonyl (C=O) groups excluding carboxylic acids is 4. The number of rotatable bonds is 7. The number of imide groups is 1. The molecular formula is C25H32NNaO5S12. The minimum atomic E-state index is -0.563. The Morgan fingerprint density at radius 3 is 1.50 bits per heavy atom. The minimum absolute atomic E-state index is 0. The molecule has 1 fully saturated rings. The van der Waals surface area contributed by atoms with E-state index in [0.717, 1.165) is 12.0 Å².